The van der Waals surface area contributed by atoms with Crippen molar-refractivity contribution in [3.63, 3.8) is 0 Å². The van der Waals surface area contributed by atoms with Gasteiger partial charge in [-0.1, -0.05) is 0 Å². The zero-order valence-corrected chi connectivity index (χ0v) is 13.7. The van der Waals surface area contributed by atoms with Crippen molar-refractivity contribution >= 4 is 28.6 Å². The van der Waals surface area contributed by atoms with E-state index < -0.39 is 6.10 Å². The SMILES string of the molecule is CSC[C@H](O)[C@@H](CO)CN(C)Cc1c[nH]c2c(N)ncnc12. The summed E-state index contributed by atoms with van der Waals surface area (Å²) in [6.07, 6.45) is 4.76. The average molecular weight is 325 g/mol. The van der Waals surface area contributed by atoms with Gasteiger partial charge in [0, 0.05) is 43.1 Å². The minimum Gasteiger partial charge on any atom is -0.396 e. The van der Waals surface area contributed by atoms with Crippen molar-refractivity contribution < 1.29 is 10.2 Å². The standard InChI is InChI=1S/C14H23N5O2S/c1-19(5-10(6-20)11(21)7-22-2)4-9-3-16-13-12(9)17-8-18-14(13)15/h3,8,10-11,16,20-21H,4-7H2,1-2H3,(H2,15,17,18)/t10-,11+/m1/s1. The Labute approximate surface area is 133 Å². The molecule has 2 aromatic rings. The number of fused-ring (bicyclic) bond motifs is 1. The number of nitrogens with zero attached hydrogens (tertiary/aromatic N) is 3. The van der Waals surface area contributed by atoms with Gasteiger partial charge < -0.3 is 25.8 Å². The van der Waals surface area contributed by atoms with Gasteiger partial charge in [0.15, 0.2) is 5.82 Å². The number of hydrogen-bond donors (Lipinski definition) is 4. The molecule has 2 rings (SSSR count). The third-order valence-corrected chi connectivity index (χ3v) is 4.35. The van der Waals surface area contributed by atoms with Crippen LogP contribution in [0.3, 0.4) is 0 Å². The molecule has 0 spiro atoms. The highest BCUT2D eigenvalue weighted by atomic mass is 32.2. The number of aromatic amines is 1. The van der Waals surface area contributed by atoms with E-state index in [0.717, 1.165) is 16.6 Å². The van der Waals surface area contributed by atoms with E-state index in [1.54, 1.807) is 11.8 Å². The predicted molar refractivity (Wildman–Crippen MR) is 89.6 cm³/mol. The molecule has 2 atom stereocenters. The smallest absolute Gasteiger partial charge is 0.151 e. The summed E-state index contributed by atoms with van der Waals surface area (Å²) in [6.45, 7) is 1.22. The Balaban J connectivity index is 2.04. The summed E-state index contributed by atoms with van der Waals surface area (Å²) >= 11 is 1.57. The van der Waals surface area contributed by atoms with Gasteiger partial charge in [0.25, 0.3) is 0 Å². The van der Waals surface area contributed by atoms with Gasteiger partial charge in [-0.3, -0.25) is 0 Å². The molecule has 0 amide bonds. The van der Waals surface area contributed by atoms with Gasteiger partial charge in [-0.05, 0) is 13.3 Å². The molecular formula is C14H23N5O2S. The summed E-state index contributed by atoms with van der Waals surface area (Å²) in [5.74, 6) is 0.889. The third kappa shape index (κ3) is 3.89. The van der Waals surface area contributed by atoms with Crippen molar-refractivity contribution in [1.82, 2.24) is 19.9 Å². The number of nitrogens with one attached hydrogen (secondary N) is 1. The van der Waals surface area contributed by atoms with Crippen LogP contribution in [-0.4, -0.2) is 68.4 Å². The number of nitrogen functional groups attached to an aromatic ring is 1. The summed E-state index contributed by atoms with van der Waals surface area (Å²) in [4.78, 5) is 13.4. The zero-order valence-electron chi connectivity index (χ0n) is 12.9. The summed E-state index contributed by atoms with van der Waals surface area (Å²) in [5, 5.41) is 19.5. The zero-order chi connectivity index (χ0) is 16.1. The van der Waals surface area contributed by atoms with Gasteiger partial charge in [-0.2, -0.15) is 11.8 Å². The lowest BCUT2D eigenvalue weighted by Crippen LogP contribution is -2.36. The number of aliphatic hydroxyl groups excluding tert-OH is 2. The number of H-pyrrole nitrogens is 1. The summed E-state index contributed by atoms with van der Waals surface area (Å²) in [7, 11) is 1.96. The maximum absolute atomic E-state index is 10.0. The van der Waals surface area contributed by atoms with Crippen LogP contribution in [0.1, 0.15) is 5.56 Å². The second-order valence-corrected chi connectivity index (χ2v) is 6.37. The van der Waals surface area contributed by atoms with Gasteiger partial charge in [-0.15, -0.1) is 0 Å². The number of aromatic nitrogens is 3. The van der Waals surface area contributed by atoms with Crippen LogP contribution < -0.4 is 5.73 Å². The quantitative estimate of drug-likeness (QED) is 0.552. The minimum absolute atomic E-state index is 0.0327. The molecule has 0 aliphatic rings. The normalized spacial score (nSPS) is 14.6. The van der Waals surface area contributed by atoms with Crippen LogP contribution >= 0.6 is 11.8 Å². The third-order valence-electron chi connectivity index (χ3n) is 3.67. The Morgan fingerprint density at radius 3 is 2.91 bits per heavy atom. The van der Waals surface area contributed by atoms with Gasteiger partial charge in [0.1, 0.15) is 11.8 Å². The highest BCUT2D eigenvalue weighted by Gasteiger charge is 2.20. The van der Waals surface area contributed by atoms with Crippen LogP contribution in [0.2, 0.25) is 0 Å². The lowest BCUT2D eigenvalue weighted by molar-refractivity contribution is 0.0614. The predicted octanol–water partition coefficient (Wildman–Crippen LogP) is 0.304. The second kappa shape index (κ2) is 7.77. The van der Waals surface area contributed by atoms with E-state index in [9.17, 15) is 10.2 Å². The number of aliphatic hydroxyl groups is 2. The molecule has 22 heavy (non-hydrogen) atoms. The largest absolute Gasteiger partial charge is 0.396 e. The fourth-order valence-corrected chi connectivity index (χ4v) is 3.11. The molecule has 0 aliphatic carbocycles. The van der Waals surface area contributed by atoms with E-state index in [-0.39, 0.29) is 12.5 Å². The van der Waals surface area contributed by atoms with Gasteiger partial charge in [0.2, 0.25) is 0 Å². The average Bonchev–Trinajstić information content (AvgIpc) is 2.89. The number of hydrogen-bond acceptors (Lipinski definition) is 7. The fourth-order valence-electron chi connectivity index (χ4n) is 2.50. The van der Waals surface area contributed by atoms with Gasteiger partial charge >= 0.3 is 0 Å². The molecule has 8 heteroatoms. The van der Waals surface area contributed by atoms with E-state index in [4.69, 9.17) is 5.73 Å². The van der Waals surface area contributed by atoms with Crippen LogP contribution in [0.5, 0.6) is 0 Å². The monoisotopic (exact) mass is 325 g/mol. The van der Waals surface area contributed by atoms with E-state index in [0.29, 0.717) is 24.7 Å². The Hall–Kier alpha value is -1.35. The topological polar surface area (TPSA) is 111 Å². The molecule has 0 unspecified atom stereocenters. The Kier molecular flexibility index (Phi) is 6.01. The van der Waals surface area contributed by atoms with Crippen molar-refractivity contribution in [1.29, 1.82) is 0 Å². The molecule has 0 fully saturated rings. The Morgan fingerprint density at radius 2 is 2.23 bits per heavy atom. The van der Waals surface area contributed by atoms with Crippen molar-refractivity contribution in [2.24, 2.45) is 5.92 Å². The Morgan fingerprint density at radius 1 is 1.45 bits per heavy atom. The number of nitrogens with two attached hydrogens (primary N) is 1. The van der Waals surface area contributed by atoms with Crippen LogP contribution in [-0.2, 0) is 6.54 Å². The maximum atomic E-state index is 10.0. The van der Waals surface area contributed by atoms with Crippen molar-refractivity contribution in [3.8, 4) is 0 Å². The van der Waals surface area contributed by atoms with Gasteiger partial charge in [-0.25, -0.2) is 9.97 Å². The molecule has 5 N–H and O–H groups in total. The van der Waals surface area contributed by atoms with E-state index in [1.165, 1.54) is 6.33 Å². The molecule has 0 aromatic carbocycles. The van der Waals surface area contributed by atoms with Crippen LogP contribution in [0.15, 0.2) is 12.5 Å². The van der Waals surface area contributed by atoms with Crippen molar-refractivity contribution in [2.75, 3.05) is 37.9 Å². The molecule has 7 nitrogen and oxygen atoms in total. The molecule has 122 valence electrons. The fraction of sp³-hybridized carbons (Fsp3) is 0.571. The first kappa shape index (κ1) is 17.0. The van der Waals surface area contributed by atoms with Crippen molar-refractivity contribution in [2.45, 2.75) is 12.6 Å². The second-order valence-electron chi connectivity index (χ2n) is 5.46. The van der Waals surface area contributed by atoms with Gasteiger partial charge in [0.05, 0.1) is 11.6 Å². The summed E-state index contributed by atoms with van der Waals surface area (Å²) in [5.41, 5.74) is 8.38. The lowest BCUT2D eigenvalue weighted by atomic mass is 10.0. The first-order chi connectivity index (χ1) is 10.6. The molecule has 0 saturated heterocycles. The maximum Gasteiger partial charge on any atom is 0.151 e. The molecular weight excluding hydrogens is 302 g/mol. The molecule has 0 saturated carbocycles. The highest BCUT2D eigenvalue weighted by Crippen LogP contribution is 2.20. The van der Waals surface area contributed by atoms with Crippen LogP contribution in [0.25, 0.3) is 11.0 Å². The van der Waals surface area contributed by atoms with Crippen molar-refractivity contribution in [3.05, 3.63) is 18.1 Å². The van der Waals surface area contributed by atoms with Crippen LogP contribution in [0, 0.1) is 5.92 Å². The molecule has 0 radical (unpaired) electrons. The first-order valence-corrected chi connectivity index (χ1v) is 8.49. The molecule has 2 aromatic heterocycles. The molecule has 0 bridgehead atoms. The van der Waals surface area contributed by atoms with Crippen LogP contribution in [0.4, 0.5) is 5.82 Å². The van der Waals surface area contributed by atoms with E-state index in [2.05, 4.69) is 19.9 Å². The Bertz CT molecular complexity index is 606. The number of rotatable bonds is 8. The summed E-state index contributed by atoms with van der Waals surface area (Å²) in [6, 6.07) is 0. The number of thioether (sulfide) groups is 1. The molecule has 0 aliphatic heterocycles. The van der Waals surface area contributed by atoms with E-state index >= 15 is 0 Å². The molecule has 2 heterocycles. The van der Waals surface area contributed by atoms with E-state index in [1.807, 2.05) is 19.5 Å². The summed E-state index contributed by atoms with van der Waals surface area (Å²) < 4.78 is 0. The number of anilines is 1. The minimum atomic E-state index is -0.511. The highest BCUT2D eigenvalue weighted by molar-refractivity contribution is 7.98. The first-order valence-electron chi connectivity index (χ1n) is 7.09. The lowest BCUT2D eigenvalue weighted by Gasteiger charge is -2.26.